The molecule has 142 valence electrons. The van der Waals surface area contributed by atoms with E-state index in [2.05, 4.69) is 15.6 Å². The number of benzene rings is 1. The Bertz CT molecular complexity index is 872. The Hall–Kier alpha value is -2.74. The highest BCUT2D eigenvalue weighted by Crippen LogP contribution is 2.31. The molecule has 0 aliphatic heterocycles. The molecule has 1 aromatic carbocycles. The Morgan fingerprint density at radius 2 is 1.96 bits per heavy atom. The van der Waals surface area contributed by atoms with Crippen molar-refractivity contribution in [2.75, 3.05) is 10.6 Å². The van der Waals surface area contributed by atoms with Crippen LogP contribution in [-0.2, 0) is 11.2 Å². The van der Waals surface area contributed by atoms with Crippen LogP contribution in [-0.4, -0.2) is 22.7 Å². The SMILES string of the molecule is Cc1ccc(NC(=O)Nc2nc(CC(N)=O)cs2)c(C(=O)C2CCCC2)c1. The molecule has 1 aliphatic carbocycles. The average molecular weight is 386 g/mol. The fourth-order valence-corrected chi connectivity index (χ4v) is 3.96. The van der Waals surface area contributed by atoms with E-state index < -0.39 is 11.9 Å². The van der Waals surface area contributed by atoms with Crippen molar-refractivity contribution in [1.29, 1.82) is 0 Å². The molecule has 0 saturated heterocycles. The number of rotatable bonds is 6. The van der Waals surface area contributed by atoms with E-state index in [4.69, 9.17) is 5.73 Å². The first-order valence-electron chi connectivity index (χ1n) is 8.88. The third-order valence-electron chi connectivity index (χ3n) is 4.54. The van der Waals surface area contributed by atoms with Gasteiger partial charge in [-0.15, -0.1) is 11.3 Å². The number of aromatic nitrogens is 1. The van der Waals surface area contributed by atoms with Gasteiger partial charge in [-0.3, -0.25) is 14.9 Å². The number of Topliss-reactive ketones (excluding diaryl/α,β-unsaturated/α-hetero) is 1. The van der Waals surface area contributed by atoms with Gasteiger partial charge in [0, 0.05) is 16.9 Å². The van der Waals surface area contributed by atoms with Crippen LogP contribution in [0.2, 0.25) is 0 Å². The van der Waals surface area contributed by atoms with Gasteiger partial charge in [0.15, 0.2) is 10.9 Å². The van der Waals surface area contributed by atoms with Crippen molar-refractivity contribution >= 4 is 39.9 Å². The number of carbonyl (C=O) groups is 3. The third-order valence-corrected chi connectivity index (χ3v) is 5.35. The van der Waals surface area contributed by atoms with E-state index in [1.807, 2.05) is 19.1 Å². The molecule has 1 aliphatic rings. The van der Waals surface area contributed by atoms with Gasteiger partial charge in [0.05, 0.1) is 17.8 Å². The van der Waals surface area contributed by atoms with E-state index in [1.54, 1.807) is 11.4 Å². The number of nitrogens with zero attached hydrogens (tertiary/aromatic N) is 1. The van der Waals surface area contributed by atoms with Crippen LogP contribution in [0, 0.1) is 12.8 Å². The van der Waals surface area contributed by atoms with Crippen LogP contribution < -0.4 is 16.4 Å². The van der Waals surface area contributed by atoms with Gasteiger partial charge < -0.3 is 11.1 Å². The zero-order valence-corrected chi connectivity index (χ0v) is 15.9. The van der Waals surface area contributed by atoms with Crippen LogP contribution in [0.3, 0.4) is 0 Å². The quantitative estimate of drug-likeness (QED) is 0.659. The number of hydrogen-bond acceptors (Lipinski definition) is 5. The largest absolute Gasteiger partial charge is 0.369 e. The molecule has 3 amide bonds. The molecule has 0 radical (unpaired) electrons. The molecule has 1 saturated carbocycles. The van der Waals surface area contributed by atoms with Gasteiger partial charge in [-0.1, -0.05) is 24.5 Å². The molecule has 0 spiro atoms. The molecule has 0 unspecified atom stereocenters. The average Bonchev–Trinajstić information content (AvgIpc) is 3.27. The number of amides is 3. The Balaban J connectivity index is 1.71. The fourth-order valence-electron chi connectivity index (χ4n) is 3.25. The van der Waals surface area contributed by atoms with Gasteiger partial charge in [0.1, 0.15) is 0 Å². The molecule has 8 heteroatoms. The van der Waals surface area contributed by atoms with Crippen LogP contribution in [0.5, 0.6) is 0 Å². The van der Waals surface area contributed by atoms with Gasteiger partial charge in [0.2, 0.25) is 5.91 Å². The summed E-state index contributed by atoms with van der Waals surface area (Å²) in [5, 5.41) is 7.40. The maximum absolute atomic E-state index is 12.8. The standard InChI is InChI=1S/C19H22N4O3S/c1-11-6-7-15(14(8-11)17(25)12-4-2-3-5-12)22-18(26)23-19-21-13(10-27-19)9-16(20)24/h6-8,10,12H,2-5,9H2,1H3,(H2,20,24)(H2,21,22,23,26). The first kappa shape index (κ1) is 19.0. The maximum atomic E-state index is 12.8. The Kier molecular flexibility index (Phi) is 5.85. The second-order valence-electron chi connectivity index (χ2n) is 6.76. The van der Waals surface area contributed by atoms with E-state index >= 15 is 0 Å². The summed E-state index contributed by atoms with van der Waals surface area (Å²) in [6, 6.07) is 4.94. The smallest absolute Gasteiger partial charge is 0.325 e. The summed E-state index contributed by atoms with van der Waals surface area (Å²) in [5.41, 5.74) is 7.66. The summed E-state index contributed by atoms with van der Waals surface area (Å²) in [5.74, 6) is -0.360. The summed E-state index contributed by atoms with van der Waals surface area (Å²) < 4.78 is 0. The maximum Gasteiger partial charge on any atom is 0.325 e. The van der Waals surface area contributed by atoms with E-state index in [0.717, 1.165) is 31.2 Å². The van der Waals surface area contributed by atoms with Crippen LogP contribution in [0.4, 0.5) is 15.6 Å². The monoisotopic (exact) mass is 386 g/mol. The van der Waals surface area contributed by atoms with Crippen molar-refractivity contribution in [3.05, 3.63) is 40.4 Å². The number of aryl methyl sites for hydroxylation is 1. The van der Waals surface area contributed by atoms with Crippen LogP contribution in [0.15, 0.2) is 23.6 Å². The molecular formula is C19H22N4O3S. The van der Waals surface area contributed by atoms with Crippen molar-refractivity contribution in [2.45, 2.75) is 39.0 Å². The Morgan fingerprint density at radius 3 is 2.67 bits per heavy atom. The highest BCUT2D eigenvalue weighted by molar-refractivity contribution is 7.14. The van der Waals surface area contributed by atoms with Crippen LogP contribution in [0.25, 0.3) is 0 Å². The van der Waals surface area contributed by atoms with Gasteiger partial charge >= 0.3 is 6.03 Å². The number of ketones is 1. The lowest BCUT2D eigenvalue weighted by Crippen LogP contribution is -2.22. The second-order valence-corrected chi connectivity index (χ2v) is 7.62. The van der Waals surface area contributed by atoms with Crippen molar-refractivity contribution in [3.63, 3.8) is 0 Å². The third kappa shape index (κ3) is 4.91. The van der Waals surface area contributed by atoms with Gasteiger partial charge in [0.25, 0.3) is 0 Å². The zero-order chi connectivity index (χ0) is 19.4. The Morgan fingerprint density at radius 1 is 1.22 bits per heavy atom. The number of nitrogens with one attached hydrogen (secondary N) is 2. The summed E-state index contributed by atoms with van der Waals surface area (Å²) in [6.07, 6.45) is 3.98. The van der Waals surface area contributed by atoms with Crippen molar-refractivity contribution in [1.82, 2.24) is 4.98 Å². The van der Waals surface area contributed by atoms with Crippen LogP contribution >= 0.6 is 11.3 Å². The highest BCUT2D eigenvalue weighted by atomic mass is 32.1. The minimum absolute atomic E-state index is 0.0256. The number of nitrogens with two attached hydrogens (primary N) is 1. The van der Waals surface area contributed by atoms with Gasteiger partial charge in [-0.05, 0) is 31.9 Å². The second kappa shape index (κ2) is 8.30. The number of carbonyl (C=O) groups excluding carboxylic acids is 3. The predicted octanol–water partition coefficient (Wildman–Crippen LogP) is 3.50. The van der Waals surface area contributed by atoms with Gasteiger partial charge in [-0.2, -0.15) is 0 Å². The first-order chi connectivity index (χ1) is 12.9. The zero-order valence-electron chi connectivity index (χ0n) is 15.1. The topological polar surface area (TPSA) is 114 Å². The molecule has 7 nitrogen and oxygen atoms in total. The molecule has 1 heterocycles. The lowest BCUT2D eigenvalue weighted by atomic mass is 9.94. The predicted molar refractivity (Wildman–Crippen MR) is 105 cm³/mol. The van der Waals surface area contributed by atoms with Crippen molar-refractivity contribution < 1.29 is 14.4 Å². The summed E-state index contributed by atoms with van der Waals surface area (Å²) >= 11 is 1.21. The molecular weight excluding hydrogens is 364 g/mol. The molecule has 1 fully saturated rings. The molecule has 27 heavy (non-hydrogen) atoms. The number of anilines is 2. The number of primary amides is 1. The lowest BCUT2D eigenvalue weighted by Gasteiger charge is -2.14. The number of urea groups is 1. The molecule has 2 aromatic rings. The van der Waals surface area contributed by atoms with E-state index in [1.165, 1.54) is 11.3 Å². The van der Waals surface area contributed by atoms with Gasteiger partial charge in [-0.25, -0.2) is 9.78 Å². The molecule has 1 aromatic heterocycles. The van der Waals surface area contributed by atoms with E-state index in [-0.39, 0.29) is 18.1 Å². The summed E-state index contributed by atoms with van der Waals surface area (Å²) in [7, 11) is 0. The molecule has 3 rings (SSSR count). The highest BCUT2D eigenvalue weighted by Gasteiger charge is 2.26. The van der Waals surface area contributed by atoms with Crippen LogP contribution in [0.1, 0.15) is 47.3 Å². The molecule has 0 atom stereocenters. The lowest BCUT2D eigenvalue weighted by molar-refractivity contribution is -0.117. The molecule has 4 N–H and O–H groups in total. The fraction of sp³-hybridized carbons (Fsp3) is 0.368. The first-order valence-corrected chi connectivity index (χ1v) is 9.76. The molecule has 0 bridgehead atoms. The summed E-state index contributed by atoms with van der Waals surface area (Å²) in [6.45, 7) is 1.92. The van der Waals surface area contributed by atoms with Crippen molar-refractivity contribution in [3.8, 4) is 0 Å². The van der Waals surface area contributed by atoms with Crippen molar-refractivity contribution in [2.24, 2.45) is 11.7 Å². The normalized spacial score (nSPS) is 14.1. The number of thiazole rings is 1. The Labute approximate surface area is 161 Å². The van der Waals surface area contributed by atoms with E-state index in [0.29, 0.717) is 22.1 Å². The summed E-state index contributed by atoms with van der Waals surface area (Å²) in [4.78, 5) is 40.3. The minimum atomic E-state index is -0.487. The minimum Gasteiger partial charge on any atom is -0.369 e. The van der Waals surface area contributed by atoms with E-state index in [9.17, 15) is 14.4 Å². The number of hydrogen-bond donors (Lipinski definition) is 3.